The molecule has 0 saturated heterocycles. The number of anilines is 2. The van der Waals surface area contributed by atoms with E-state index in [1.54, 1.807) is 24.3 Å². The largest absolute Gasteiger partial charge is 0.508 e. The van der Waals surface area contributed by atoms with Gasteiger partial charge >= 0.3 is 0 Å². The first-order valence-corrected chi connectivity index (χ1v) is 8.89. The third kappa shape index (κ3) is 2.79. The zero-order chi connectivity index (χ0) is 17.4. The zero-order valence-corrected chi connectivity index (χ0v) is 14.5. The summed E-state index contributed by atoms with van der Waals surface area (Å²) in [6, 6.07) is 22.9. The SMILES string of the molecule is CN1c2ccccc2C(C(=O)Sc2ccc(O)cc2)c2ccccc21. The van der Waals surface area contributed by atoms with E-state index in [9.17, 15) is 9.90 Å². The highest BCUT2D eigenvalue weighted by molar-refractivity contribution is 8.13. The van der Waals surface area contributed by atoms with Crippen molar-refractivity contribution in [1.82, 2.24) is 0 Å². The highest BCUT2D eigenvalue weighted by atomic mass is 32.2. The van der Waals surface area contributed by atoms with Crippen molar-refractivity contribution in [3.8, 4) is 5.75 Å². The highest BCUT2D eigenvalue weighted by Gasteiger charge is 2.33. The number of phenolic OH excluding ortho intramolecular Hbond substituents is 1. The van der Waals surface area contributed by atoms with Crippen LogP contribution in [0.15, 0.2) is 77.7 Å². The fourth-order valence-electron chi connectivity index (χ4n) is 3.31. The number of rotatable bonds is 2. The monoisotopic (exact) mass is 347 g/mol. The molecule has 3 aromatic rings. The van der Waals surface area contributed by atoms with Gasteiger partial charge in [0.05, 0.1) is 5.92 Å². The van der Waals surface area contributed by atoms with E-state index in [0.717, 1.165) is 27.4 Å². The average molecular weight is 347 g/mol. The van der Waals surface area contributed by atoms with Gasteiger partial charge in [-0.05, 0) is 47.5 Å². The molecule has 0 fully saturated rings. The molecule has 0 saturated carbocycles. The number of phenols is 1. The van der Waals surface area contributed by atoms with Gasteiger partial charge in [-0.15, -0.1) is 0 Å². The van der Waals surface area contributed by atoms with E-state index in [4.69, 9.17) is 0 Å². The lowest BCUT2D eigenvalue weighted by Crippen LogP contribution is -2.24. The summed E-state index contributed by atoms with van der Waals surface area (Å²) in [4.78, 5) is 16.1. The number of aromatic hydroxyl groups is 1. The summed E-state index contributed by atoms with van der Waals surface area (Å²) in [5, 5.41) is 9.51. The molecule has 124 valence electrons. The number of carbonyl (C=O) groups is 1. The number of benzene rings is 3. The van der Waals surface area contributed by atoms with Crippen molar-refractivity contribution >= 4 is 28.3 Å². The van der Waals surface area contributed by atoms with E-state index < -0.39 is 0 Å². The average Bonchev–Trinajstić information content (AvgIpc) is 2.64. The lowest BCUT2D eigenvalue weighted by atomic mass is 9.86. The number of thioether (sulfide) groups is 1. The van der Waals surface area contributed by atoms with Crippen LogP contribution in [0.5, 0.6) is 5.75 Å². The Bertz CT molecular complexity index is 889. The van der Waals surface area contributed by atoms with Crippen LogP contribution in [0.3, 0.4) is 0 Å². The molecule has 0 amide bonds. The van der Waals surface area contributed by atoms with Crippen molar-refractivity contribution in [2.75, 3.05) is 11.9 Å². The van der Waals surface area contributed by atoms with Gasteiger partial charge in [0, 0.05) is 23.3 Å². The molecule has 0 spiro atoms. The standard InChI is InChI=1S/C21H17NO2S/c1-22-18-8-4-2-6-16(18)20(17-7-3-5-9-19(17)22)21(24)25-15-12-10-14(23)11-13-15/h2-13,20,23H,1H3. The van der Waals surface area contributed by atoms with Crippen molar-refractivity contribution < 1.29 is 9.90 Å². The first-order chi connectivity index (χ1) is 12.1. The molecular formula is C21H17NO2S. The number of fused-ring (bicyclic) bond motifs is 2. The van der Waals surface area contributed by atoms with E-state index in [2.05, 4.69) is 17.0 Å². The molecule has 4 heteroatoms. The van der Waals surface area contributed by atoms with Crippen LogP contribution in [-0.4, -0.2) is 17.3 Å². The number of carbonyl (C=O) groups excluding carboxylic acids is 1. The van der Waals surface area contributed by atoms with Crippen LogP contribution >= 0.6 is 11.8 Å². The molecule has 4 rings (SSSR count). The Labute approximate surface area is 150 Å². The van der Waals surface area contributed by atoms with Gasteiger partial charge in [-0.3, -0.25) is 4.79 Å². The highest BCUT2D eigenvalue weighted by Crippen LogP contribution is 2.46. The van der Waals surface area contributed by atoms with Crippen molar-refractivity contribution in [1.29, 1.82) is 0 Å². The lowest BCUT2D eigenvalue weighted by Gasteiger charge is -2.34. The zero-order valence-electron chi connectivity index (χ0n) is 13.7. The molecule has 25 heavy (non-hydrogen) atoms. The first-order valence-electron chi connectivity index (χ1n) is 8.07. The van der Waals surface area contributed by atoms with Crippen LogP contribution in [0.2, 0.25) is 0 Å². The molecule has 1 N–H and O–H groups in total. The first kappa shape index (κ1) is 15.8. The second kappa shape index (κ2) is 6.30. The number of para-hydroxylation sites is 2. The molecule has 1 aliphatic heterocycles. The molecule has 1 heterocycles. The Hall–Kier alpha value is -2.72. The van der Waals surface area contributed by atoms with Gasteiger partial charge in [-0.1, -0.05) is 48.2 Å². The lowest BCUT2D eigenvalue weighted by molar-refractivity contribution is -0.111. The van der Waals surface area contributed by atoms with Crippen LogP contribution in [0.1, 0.15) is 17.0 Å². The molecular weight excluding hydrogens is 330 g/mol. The van der Waals surface area contributed by atoms with E-state index in [1.807, 2.05) is 43.4 Å². The van der Waals surface area contributed by atoms with Crippen molar-refractivity contribution in [3.05, 3.63) is 83.9 Å². The Morgan fingerprint density at radius 2 is 1.40 bits per heavy atom. The minimum absolute atomic E-state index is 0.0821. The van der Waals surface area contributed by atoms with Crippen LogP contribution in [0, 0.1) is 0 Å². The fourth-order valence-corrected chi connectivity index (χ4v) is 4.19. The van der Waals surface area contributed by atoms with Crippen LogP contribution in [0.25, 0.3) is 0 Å². The minimum Gasteiger partial charge on any atom is -0.508 e. The number of hydrogen-bond acceptors (Lipinski definition) is 4. The van der Waals surface area contributed by atoms with E-state index in [1.165, 1.54) is 11.8 Å². The quantitative estimate of drug-likeness (QED) is 0.668. The summed E-state index contributed by atoms with van der Waals surface area (Å²) in [5.41, 5.74) is 4.18. The second-order valence-electron chi connectivity index (χ2n) is 6.02. The Morgan fingerprint density at radius 3 is 1.96 bits per heavy atom. The minimum atomic E-state index is -0.303. The topological polar surface area (TPSA) is 40.5 Å². The third-order valence-corrected chi connectivity index (χ3v) is 5.45. The van der Waals surface area contributed by atoms with Crippen molar-refractivity contribution in [2.45, 2.75) is 10.8 Å². The van der Waals surface area contributed by atoms with Crippen LogP contribution in [0.4, 0.5) is 11.4 Å². The summed E-state index contributed by atoms with van der Waals surface area (Å²) >= 11 is 1.22. The van der Waals surface area contributed by atoms with Crippen LogP contribution < -0.4 is 4.90 Å². The molecule has 0 aliphatic carbocycles. The predicted octanol–water partition coefficient (Wildman–Crippen LogP) is 4.92. The van der Waals surface area contributed by atoms with E-state index >= 15 is 0 Å². The van der Waals surface area contributed by atoms with Gasteiger partial charge in [-0.25, -0.2) is 0 Å². The molecule has 0 bridgehead atoms. The summed E-state index contributed by atoms with van der Waals surface area (Å²) in [6.45, 7) is 0. The Morgan fingerprint density at radius 1 is 0.880 bits per heavy atom. The van der Waals surface area contributed by atoms with Crippen LogP contribution in [-0.2, 0) is 4.79 Å². The van der Waals surface area contributed by atoms with E-state index in [0.29, 0.717) is 0 Å². The molecule has 0 unspecified atom stereocenters. The summed E-state index contributed by atoms with van der Waals surface area (Å²) in [5.74, 6) is -0.103. The third-order valence-electron chi connectivity index (χ3n) is 4.51. The fraction of sp³-hybridized carbons (Fsp3) is 0.0952. The van der Waals surface area contributed by atoms with Gasteiger partial charge in [0.1, 0.15) is 5.75 Å². The number of hydrogen-bond donors (Lipinski definition) is 1. The van der Waals surface area contributed by atoms with Crippen molar-refractivity contribution in [3.63, 3.8) is 0 Å². The van der Waals surface area contributed by atoms with Gasteiger partial charge < -0.3 is 10.0 Å². The molecule has 3 nitrogen and oxygen atoms in total. The molecule has 3 aromatic carbocycles. The normalized spacial score (nSPS) is 13.2. The molecule has 0 radical (unpaired) electrons. The van der Waals surface area contributed by atoms with Gasteiger partial charge in [0.25, 0.3) is 0 Å². The Kier molecular flexibility index (Phi) is 3.98. The molecule has 0 aromatic heterocycles. The van der Waals surface area contributed by atoms with Gasteiger partial charge in [0.15, 0.2) is 0 Å². The second-order valence-corrected chi connectivity index (χ2v) is 7.10. The summed E-state index contributed by atoms with van der Waals surface area (Å²) in [6.07, 6.45) is 0. The van der Waals surface area contributed by atoms with E-state index in [-0.39, 0.29) is 16.8 Å². The predicted molar refractivity (Wildman–Crippen MR) is 102 cm³/mol. The number of nitrogens with zero attached hydrogens (tertiary/aromatic N) is 1. The maximum absolute atomic E-state index is 13.2. The van der Waals surface area contributed by atoms with Crippen molar-refractivity contribution in [2.24, 2.45) is 0 Å². The Balaban J connectivity index is 1.77. The molecule has 0 atom stereocenters. The maximum atomic E-state index is 13.2. The maximum Gasteiger partial charge on any atom is 0.205 e. The van der Waals surface area contributed by atoms with Gasteiger partial charge in [0.2, 0.25) is 5.12 Å². The van der Waals surface area contributed by atoms with Gasteiger partial charge in [-0.2, -0.15) is 0 Å². The summed E-state index contributed by atoms with van der Waals surface area (Å²) < 4.78 is 0. The smallest absolute Gasteiger partial charge is 0.205 e. The summed E-state index contributed by atoms with van der Waals surface area (Å²) in [7, 11) is 2.03. The molecule has 1 aliphatic rings.